The molecule has 1 aromatic heterocycles. The highest BCUT2D eigenvalue weighted by Crippen LogP contribution is 2.25. The first-order valence-corrected chi connectivity index (χ1v) is 9.96. The Labute approximate surface area is 175 Å². The number of methoxy groups -OCH3 is 1. The van der Waals surface area contributed by atoms with Gasteiger partial charge >= 0.3 is 0 Å². The van der Waals surface area contributed by atoms with E-state index in [1.807, 2.05) is 22.9 Å². The maximum atomic E-state index is 12.2. The molecule has 0 spiro atoms. The molecule has 0 saturated carbocycles. The number of nitrogens with zero attached hydrogens (tertiary/aromatic N) is 2. The summed E-state index contributed by atoms with van der Waals surface area (Å²) >= 11 is 0. The van der Waals surface area contributed by atoms with E-state index >= 15 is 0 Å². The van der Waals surface area contributed by atoms with E-state index < -0.39 is 0 Å². The Morgan fingerprint density at radius 2 is 1.93 bits per heavy atom. The van der Waals surface area contributed by atoms with Crippen molar-refractivity contribution in [1.29, 1.82) is 0 Å². The van der Waals surface area contributed by atoms with Crippen LogP contribution in [0.25, 0.3) is 0 Å². The zero-order valence-corrected chi connectivity index (χ0v) is 16.9. The number of fused-ring (bicyclic) bond motifs is 1. The lowest BCUT2D eigenvalue weighted by atomic mass is 10.1. The van der Waals surface area contributed by atoms with Crippen molar-refractivity contribution in [2.45, 2.75) is 19.1 Å². The summed E-state index contributed by atoms with van der Waals surface area (Å²) in [4.78, 5) is 12.2. The van der Waals surface area contributed by atoms with Gasteiger partial charge in [-0.2, -0.15) is 5.10 Å². The minimum absolute atomic E-state index is 0.0612. The Hall–Kier alpha value is -3.32. The lowest BCUT2D eigenvalue weighted by Crippen LogP contribution is -2.34. The maximum Gasteiger partial charge on any atom is 0.258 e. The summed E-state index contributed by atoms with van der Waals surface area (Å²) in [6.07, 6.45) is 2.65. The van der Waals surface area contributed by atoms with Crippen molar-refractivity contribution in [2.24, 2.45) is 0 Å². The van der Waals surface area contributed by atoms with Gasteiger partial charge in [-0.25, -0.2) is 0 Å². The number of ether oxygens (including phenoxy) is 3. The van der Waals surface area contributed by atoms with Crippen LogP contribution in [0.15, 0.2) is 60.8 Å². The van der Waals surface area contributed by atoms with Crippen molar-refractivity contribution in [2.75, 3.05) is 26.9 Å². The van der Waals surface area contributed by atoms with Gasteiger partial charge in [-0.3, -0.25) is 9.48 Å². The van der Waals surface area contributed by atoms with Crippen LogP contribution < -0.4 is 14.8 Å². The van der Waals surface area contributed by atoms with Crippen molar-refractivity contribution in [3.63, 3.8) is 0 Å². The van der Waals surface area contributed by atoms with Crippen LogP contribution in [0.3, 0.4) is 0 Å². The summed E-state index contributed by atoms with van der Waals surface area (Å²) in [6.45, 7) is 1.63. The Morgan fingerprint density at radius 1 is 1.17 bits per heavy atom. The monoisotopic (exact) mass is 407 g/mol. The highest BCUT2D eigenvalue weighted by molar-refractivity contribution is 5.77. The molecule has 156 valence electrons. The summed E-state index contributed by atoms with van der Waals surface area (Å²) in [5.41, 5.74) is 3.26. The van der Waals surface area contributed by atoms with Gasteiger partial charge in [0.15, 0.2) is 6.61 Å². The van der Waals surface area contributed by atoms with Crippen molar-refractivity contribution >= 4 is 5.91 Å². The van der Waals surface area contributed by atoms with Gasteiger partial charge in [0.2, 0.25) is 0 Å². The highest BCUT2D eigenvalue weighted by atomic mass is 16.5. The fraction of sp³-hybridized carbons (Fsp3) is 0.304. The minimum Gasteiger partial charge on any atom is -0.497 e. The molecule has 1 unspecified atom stereocenters. The smallest absolute Gasteiger partial charge is 0.258 e. The molecule has 1 aliphatic heterocycles. The molecule has 0 aliphatic carbocycles. The summed E-state index contributed by atoms with van der Waals surface area (Å²) in [7, 11) is 1.60. The molecule has 0 bridgehead atoms. The number of carbonyl (C=O) groups excluding carboxylic acids is 1. The Morgan fingerprint density at radius 3 is 2.70 bits per heavy atom. The molecule has 0 radical (unpaired) electrons. The second kappa shape index (κ2) is 9.45. The molecule has 7 heteroatoms. The first-order chi connectivity index (χ1) is 14.7. The van der Waals surface area contributed by atoms with Gasteiger partial charge < -0.3 is 19.5 Å². The third kappa shape index (κ3) is 4.99. The largest absolute Gasteiger partial charge is 0.497 e. The summed E-state index contributed by atoms with van der Waals surface area (Å²) in [5.74, 6) is 1.15. The quantitative estimate of drug-likeness (QED) is 0.622. The number of rotatable bonds is 8. The Balaban J connectivity index is 1.30. The predicted molar refractivity (Wildman–Crippen MR) is 112 cm³/mol. The van der Waals surface area contributed by atoms with Gasteiger partial charge in [0.25, 0.3) is 5.91 Å². The lowest BCUT2D eigenvalue weighted by molar-refractivity contribution is -0.123. The minimum atomic E-state index is -0.254. The molecular weight excluding hydrogens is 382 g/mol. The second-order valence-corrected chi connectivity index (χ2v) is 7.10. The average molecular weight is 407 g/mol. The fourth-order valence-electron chi connectivity index (χ4n) is 3.42. The number of hydrogen-bond acceptors (Lipinski definition) is 5. The summed E-state index contributed by atoms with van der Waals surface area (Å²) in [5, 5.41) is 7.59. The Kier molecular flexibility index (Phi) is 6.29. The van der Waals surface area contributed by atoms with E-state index in [1.165, 1.54) is 11.1 Å². The van der Waals surface area contributed by atoms with Crippen LogP contribution in [0.4, 0.5) is 0 Å². The van der Waals surface area contributed by atoms with Crippen molar-refractivity contribution in [1.82, 2.24) is 15.1 Å². The van der Waals surface area contributed by atoms with Gasteiger partial charge in [0.05, 0.1) is 26.0 Å². The number of aromatic nitrogens is 2. The van der Waals surface area contributed by atoms with E-state index in [0.29, 0.717) is 25.4 Å². The second-order valence-electron chi connectivity index (χ2n) is 7.10. The van der Waals surface area contributed by atoms with Crippen molar-refractivity contribution in [3.8, 4) is 11.5 Å². The number of hydrogen-bond donors (Lipinski definition) is 1. The first-order valence-electron chi connectivity index (χ1n) is 9.96. The van der Waals surface area contributed by atoms with Crippen LogP contribution in [0.5, 0.6) is 11.5 Å². The molecule has 2 aromatic carbocycles. The van der Waals surface area contributed by atoms with Gasteiger partial charge in [-0.1, -0.05) is 30.3 Å². The zero-order chi connectivity index (χ0) is 20.8. The van der Waals surface area contributed by atoms with Crippen LogP contribution in [0.2, 0.25) is 0 Å². The molecule has 0 saturated heterocycles. The van der Waals surface area contributed by atoms with Crippen molar-refractivity contribution in [3.05, 3.63) is 77.6 Å². The zero-order valence-electron chi connectivity index (χ0n) is 16.9. The van der Waals surface area contributed by atoms with Crippen LogP contribution >= 0.6 is 0 Å². The SMILES string of the molecule is COc1ccc(OCC(=O)NCC2OCCc3cn(Cc4ccccc4)nc32)cc1. The summed E-state index contributed by atoms with van der Waals surface area (Å²) in [6, 6.07) is 17.3. The number of nitrogens with one attached hydrogen (secondary N) is 1. The van der Waals surface area contributed by atoms with Gasteiger partial charge in [-0.15, -0.1) is 0 Å². The normalized spacial score (nSPS) is 15.3. The molecule has 1 amide bonds. The molecule has 0 fully saturated rings. The molecule has 1 atom stereocenters. The molecule has 4 rings (SSSR count). The lowest BCUT2D eigenvalue weighted by Gasteiger charge is -2.22. The molecule has 7 nitrogen and oxygen atoms in total. The summed E-state index contributed by atoms with van der Waals surface area (Å²) < 4.78 is 18.4. The van der Waals surface area contributed by atoms with Gasteiger partial charge in [0, 0.05) is 12.7 Å². The topological polar surface area (TPSA) is 74.6 Å². The van der Waals surface area contributed by atoms with E-state index in [9.17, 15) is 4.79 Å². The Bertz CT molecular complexity index is 970. The standard InChI is InChI=1S/C23H25N3O4/c1-28-19-7-9-20(10-8-19)30-16-22(27)24-13-21-23-18(11-12-29-21)15-26(25-23)14-17-5-3-2-4-6-17/h2-10,15,21H,11-14,16H2,1H3,(H,24,27). The van der Waals surface area contributed by atoms with E-state index in [0.717, 1.165) is 17.9 Å². The van der Waals surface area contributed by atoms with E-state index in [1.54, 1.807) is 31.4 Å². The van der Waals surface area contributed by atoms with E-state index in [2.05, 4.69) is 23.6 Å². The van der Waals surface area contributed by atoms with Gasteiger partial charge in [-0.05, 0) is 41.8 Å². The molecule has 1 N–H and O–H groups in total. The van der Waals surface area contributed by atoms with Crippen LogP contribution in [0, 0.1) is 0 Å². The number of carbonyl (C=O) groups is 1. The fourth-order valence-corrected chi connectivity index (χ4v) is 3.42. The van der Waals surface area contributed by atoms with Crippen LogP contribution in [-0.4, -0.2) is 42.6 Å². The third-order valence-electron chi connectivity index (χ3n) is 4.97. The molecule has 3 aromatic rings. The van der Waals surface area contributed by atoms with E-state index in [-0.39, 0.29) is 18.6 Å². The molecule has 30 heavy (non-hydrogen) atoms. The molecule has 2 heterocycles. The number of benzene rings is 2. The highest BCUT2D eigenvalue weighted by Gasteiger charge is 2.25. The van der Waals surface area contributed by atoms with Gasteiger partial charge in [0.1, 0.15) is 17.6 Å². The first kappa shape index (κ1) is 20.0. The molecular formula is C23H25N3O4. The average Bonchev–Trinajstić information content (AvgIpc) is 3.20. The van der Waals surface area contributed by atoms with Crippen LogP contribution in [-0.2, 0) is 22.5 Å². The maximum absolute atomic E-state index is 12.2. The van der Waals surface area contributed by atoms with E-state index in [4.69, 9.17) is 19.3 Å². The predicted octanol–water partition coefficient (Wildman–Crippen LogP) is 2.75. The van der Waals surface area contributed by atoms with Crippen LogP contribution in [0.1, 0.15) is 22.9 Å². The third-order valence-corrected chi connectivity index (χ3v) is 4.97. The number of amides is 1. The molecule has 1 aliphatic rings. The van der Waals surface area contributed by atoms with Crippen molar-refractivity contribution < 1.29 is 19.0 Å².